The largest absolute Gasteiger partial charge is 0.367 e. The average molecular weight is 387 g/mol. The van der Waals surface area contributed by atoms with E-state index in [1.54, 1.807) is 24.3 Å². The first-order valence-electron chi connectivity index (χ1n) is 8.97. The Kier molecular flexibility index (Phi) is 5.49. The maximum absolute atomic E-state index is 14.1. The van der Waals surface area contributed by atoms with Crippen LogP contribution < -0.4 is 4.90 Å². The average Bonchev–Trinajstić information content (AvgIpc) is 3.06. The van der Waals surface area contributed by atoms with E-state index in [2.05, 4.69) is 0 Å². The second kappa shape index (κ2) is 7.67. The van der Waals surface area contributed by atoms with Gasteiger partial charge in [-0.25, -0.2) is 12.8 Å². The van der Waals surface area contributed by atoms with E-state index < -0.39 is 10.0 Å². The van der Waals surface area contributed by atoms with Gasteiger partial charge in [0.15, 0.2) is 0 Å². The standard InChI is InChI=1S/C20H22FN3O2S/c1-3-24(4-2)27(25,26)18-6-8-20-16(12-18)9-10-23(20)14-17-11-15(13-22)5-7-19(17)21/h5-8,11-12H,3-4,9-10,14H2,1-2H3. The van der Waals surface area contributed by atoms with Gasteiger partial charge in [-0.05, 0) is 48.4 Å². The van der Waals surface area contributed by atoms with Gasteiger partial charge < -0.3 is 4.90 Å². The van der Waals surface area contributed by atoms with Gasteiger partial charge in [0.25, 0.3) is 0 Å². The van der Waals surface area contributed by atoms with Gasteiger partial charge in [0.2, 0.25) is 10.0 Å². The minimum Gasteiger partial charge on any atom is -0.367 e. The Morgan fingerprint density at radius 3 is 2.59 bits per heavy atom. The molecule has 27 heavy (non-hydrogen) atoms. The SMILES string of the molecule is CCN(CC)S(=O)(=O)c1ccc2c(c1)CCN2Cc1cc(C#N)ccc1F. The van der Waals surface area contributed by atoms with E-state index in [0.29, 0.717) is 48.6 Å². The van der Waals surface area contributed by atoms with E-state index in [-0.39, 0.29) is 5.82 Å². The van der Waals surface area contributed by atoms with Gasteiger partial charge in [-0.2, -0.15) is 9.57 Å². The number of sulfonamides is 1. The molecular weight excluding hydrogens is 365 g/mol. The molecule has 2 aromatic carbocycles. The molecule has 3 rings (SSSR count). The molecule has 0 N–H and O–H groups in total. The Morgan fingerprint density at radius 2 is 1.93 bits per heavy atom. The second-order valence-electron chi connectivity index (χ2n) is 6.47. The summed E-state index contributed by atoms with van der Waals surface area (Å²) in [4.78, 5) is 2.31. The highest BCUT2D eigenvalue weighted by Gasteiger charge is 2.26. The van der Waals surface area contributed by atoms with Gasteiger partial charge in [0, 0.05) is 37.4 Å². The number of rotatable bonds is 6. The van der Waals surface area contributed by atoms with Gasteiger partial charge in [0.1, 0.15) is 5.82 Å². The third-order valence-corrected chi connectivity index (χ3v) is 6.97. The van der Waals surface area contributed by atoms with Crippen molar-refractivity contribution in [3.8, 4) is 6.07 Å². The van der Waals surface area contributed by atoms with Crippen LogP contribution in [0.5, 0.6) is 0 Å². The van der Waals surface area contributed by atoms with Crippen LogP contribution in [0.25, 0.3) is 0 Å². The lowest BCUT2D eigenvalue weighted by Gasteiger charge is -2.21. The summed E-state index contributed by atoms with van der Waals surface area (Å²) in [6.07, 6.45) is 0.705. The van der Waals surface area contributed by atoms with Crippen LogP contribution in [-0.2, 0) is 23.0 Å². The quantitative estimate of drug-likeness (QED) is 0.763. The van der Waals surface area contributed by atoms with Crippen molar-refractivity contribution in [2.24, 2.45) is 0 Å². The lowest BCUT2D eigenvalue weighted by atomic mass is 10.1. The zero-order chi connectivity index (χ0) is 19.6. The van der Waals surface area contributed by atoms with Crippen LogP contribution in [0.3, 0.4) is 0 Å². The fourth-order valence-electron chi connectivity index (χ4n) is 3.45. The Hall–Kier alpha value is -2.43. The van der Waals surface area contributed by atoms with Crippen LogP contribution in [0.2, 0.25) is 0 Å². The molecule has 0 amide bonds. The molecule has 0 aromatic heterocycles. The molecule has 7 heteroatoms. The molecule has 1 aliphatic heterocycles. The summed E-state index contributed by atoms with van der Waals surface area (Å²) in [6, 6.07) is 11.5. The minimum atomic E-state index is -3.50. The van der Waals surface area contributed by atoms with E-state index in [9.17, 15) is 12.8 Å². The first-order valence-corrected chi connectivity index (χ1v) is 10.4. The molecule has 0 saturated carbocycles. The Labute approximate surface area is 159 Å². The monoisotopic (exact) mass is 387 g/mol. The van der Waals surface area contributed by atoms with E-state index in [4.69, 9.17) is 5.26 Å². The molecule has 1 heterocycles. The predicted molar refractivity (Wildman–Crippen MR) is 102 cm³/mol. The van der Waals surface area contributed by atoms with E-state index in [1.807, 2.05) is 24.8 Å². The van der Waals surface area contributed by atoms with Gasteiger partial charge in [0.05, 0.1) is 16.5 Å². The second-order valence-corrected chi connectivity index (χ2v) is 8.41. The summed E-state index contributed by atoms with van der Waals surface area (Å²) in [7, 11) is -3.50. The number of benzene rings is 2. The van der Waals surface area contributed by atoms with Crippen molar-refractivity contribution < 1.29 is 12.8 Å². The maximum atomic E-state index is 14.1. The molecule has 0 radical (unpaired) electrons. The van der Waals surface area contributed by atoms with Gasteiger partial charge in [-0.1, -0.05) is 13.8 Å². The highest BCUT2D eigenvalue weighted by atomic mass is 32.2. The molecule has 0 spiro atoms. The third kappa shape index (κ3) is 3.68. The van der Waals surface area contributed by atoms with Crippen LogP contribution in [0.4, 0.5) is 10.1 Å². The normalized spacial score (nSPS) is 13.7. The lowest BCUT2D eigenvalue weighted by Crippen LogP contribution is -2.30. The summed E-state index contributed by atoms with van der Waals surface area (Å²) < 4.78 is 41.0. The lowest BCUT2D eigenvalue weighted by molar-refractivity contribution is 0.445. The molecule has 2 aromatic rings. The summed E-state index contributed by atoms with van der Waals surface area (Å²) in [5.41, 5.74) is 2.74. The van der Waals surface area contributed by atoms with Crippen molar-refractivity contribution in [1.82, 2.24) is 4.31 Å². The zero-order valence-electron chi connectivity index (χ0n) is 15.4. The van der Waals surface area contributed by atoms with Crippen molar-refractivity contribution >= 4 is 15.7 Å². The summed E-state index contributed by atoms with van der Waals surface area (Å²) >= 11 is 0. The molecule has 0 saturated heterocycles. The molecular formula is C20H22FN3O2S. The summed E-state index contributed by atoms with van der Waals surface area (Å²) in [6.45, 7) is 5.52. The van der Waals surface area contributed by atoms with E-state index in [0.717, 1.165) is 11.3 Å². The highest BCUT2D eigenvalue weighted by Crippen LogP contribution is 2.32. The molecule has 0 bridgehead atoms. The van der Waals surface area contributed by atoms with E-state index in [1.165, 1.54) is 16.4 Å². The van der Waals surface area contributed by atoms with Crippen LogP contribution >= 0.6 is 0 Å². The number of hydrogen-bond donors (Lipinski definition) is 0. The maximum Gasteiger partial charge on any atom is 0.243 e. The van der Waals surface area contributed by atoms with Gasteiger partial charge >= 0.3 is 0 Å². The fraction of sp³-hybridized carbons (Fsp3) is 0.350. The molecule has 0 atom stereocenters. The number of anilines is 1. The number of nitriles is 1. The van der Waals surface area contributed by atoms with Crippen molar-refractivity contribution in [3.63, 3.8) is 0 Å². The summed E-state index contributed by atoms with van der Waals surface area (Å²) in [5.74, 6) is -0.344. The van der Waals surface area contributed by atoms with Crippen molar-refractivity contribution in [1.29, 1.82) is 5.26 Å². The van der Waals surface area contributed by atoms with Crippen LogP contribution in [-0.4, -0.2) is 32.4 Å². The van der Waals surface area contributed by atoms with E-state index >= 15 is 0 Å². The number of halogens is 1. The molecule has 5 nitrogen and oxygen atoms in total. The molecule has 0 fully saturated rings. The number of fused-ring (bicyclic) bond motifs is 1. The number of hydrogen-bond acceptors (Lipinski definition) is 4. The predicted octanol–water partition coefficient (Wildman–Crippen LogP) is 3.29. The smallest absolute Gasteiger partial charge is 0.243 e. The molecule has 142 valence electrons. The van der Waals surface area contributed by atoms with Gasteiger partial charge in [-0.3, -0.25) is 0 Å². The first kappa shape index (κ1) is 19.3. The Morgan fingerprint density at radius 1 is 1.19 bits per heavy atom. The molecule has 1 aliphatic rings. The molecule has 0 aliphatic carbocycles. The highest BCUT2D eigenvalue weighted by molar-refractivity contribution is 7.89. The summed E-state index contributed by atoms with van der Waals surface area (Å²) in [5, 5.41) is 9.02. The van der Waals surface area contributed by atoms with Crippen molar-refractivity contribution in [3.05, 3.63) is 58.9 Å². The Bertz CT molecular complexity index is 995. The molecule has 0 unspecified atom stereocenters. The Balaban J connectivity index is 1.88. The van der Waals surface area contributed by atoms with Crippen molar-refractivity contribution in [2.45, 2.75) is 31.7 Å². The van der Waals surface area contributed by atoms with Crippen LogP contribution in [0.1, 0.15) is 30.5 Å². The number of nitrogens with zero attached hydrogens (tertiary/aromatic N) is 3. The zero-order valence-corrected chi connectivity index (χ0v) is 16.3. The van der Waals surface area contributed by atoms with Crippen LogP contribution in [0, 0.1) is 17.1 Å². The first-order chi connectivity index (χ1) is 12.9. The van der Waals surface area contributed by atoms with Crippen LogP contribution in [0.15, 0.2) is 41.3 Å². The third-order valence-electron chi connectivity index (χ3n) is 4.92. The fourth-order valence-corrected chi connectivity index (χ4v) is 4.96. The minimum absolute atomic E-state index is 0.296. The topological polar surface area (TPSA) is 64.4 Å². The van der Waals surface area contributed by atoms with Crippen molar-refractivity contribution in [2.75, 3.05) is 24.5 Å². The van der Waals surface area contributed by atoms with Gasteiger partial charge in [-0.15, -0.1) is 0 Å².